The van der Waals surface area contributed by atoms with Crippen molar-refractivity contribution >= 4 is 10.8 Å². The maximum atomic E-state index is 5.13. The van der Waals surface area contributed by atoms with Gasteiger partial charge < -0.3 is 0 Å². The fourth-order valence-corrected chi connectivity index (χ4v) is 5.65. The van der Waals surface area contributed by atoms with Crippen LogP contribution in [0.5, 0.6) is 0 Å². The number of rotatable bonds is 4. The summed E-state index contributed by atoms with van der Waals surface area (Å²) in [4.78, 5) is 22.7. The molecular formula is C35H21N5. The zero-order valence-corrected chi connectivity index (χ0v) is 21.4. The van der Waals surface area contributed by atoms with Crippen molar-refractivity contribution < 1.29 is 0 Å². The molecule has 5 aromatic carbocycles. The molecule has 186 valence electrons. The van der Waals surface area contributed by atoms with Gasteiger partial charge in [0.05, 0.1) is 11.4 Å². The predicted octanol–water partition coefficient (Wildman–Crippen LogP) is 8.13. The second kappa shape index (κ2) is 9.03. The molecule has 0 spiro atoms. The van der Waals surface area contributed by atoms with Crippen LogP contribution in [0.1, 0.15) is 0 Å². The third-order valence-corrected chi connectivity index (χ3v) is 7.52. The topological polar surface area (TPSA) is 64.5 Å². The number of benzene rings is 5. The second-order valence-corrected chi connectivity index (χ2v) is 9.80. The van der Waals surface area contributed by atoms with E-state index in [-0.39, 0.29) is 0 Å². The largest absolute Gasteiger partial charge is 0.228 e. The molecule has 0 fully saturated rings. The maximum absolute atomic E-state index is 5.13. The lowest BCUT2D eigenvalue weighted by Crippen LogP contribution is -1.97. The maximum Gasteiger partial charge on any atom is 0.162 e. The first-order chi connectivity index (χ1) is 19.8. The minimum absolute atomic E-state index is 0.642. The van der Waals surface area contributed by atoms with Crippen LogP contribution >= 0.6 is 0 Å². The summed E-state index contributed by atoms with van der Waals surface area (Å²) in [6, 6.07) is 40.0. The van der Waals surface area contributed by atoms with Crippen molar-refractivity contribution in [1.82, 2.24) is 24.9 Å². The molecule has 1 aliphatic carbocycles. The van der Waals surface area contributed by atoms with Crippen LogP contribution in [0.4, 0.5) is 0 Å². The third-order valence-electron chi connectivity index (χ3n) is 7.52. The Morgan fingerprint density at radius 2 is 0.975 bits per heavy atom. The van der Waals surface area contributed by atoms with E-state index in [0.717, 1.165) is 39.0 Å². The van der Waals surface area contributed by atoms with Gasteiger partial charge in [-0.1, -0.05) is 103 Å². The summed E-state index contributed by atoms with van der Waals surface area (Å²) in [5.41, 5.74) is 10.8. The molecule has 5 nitrogen and oxygen atoms in total. The lowest BCUT2D eigenvalue weighted by Gasteiger charge is -2.12. The summed E-state index contributed by atoms with van der Waals surface area (Å²) in [6.07, 6.45) is 3.02. The summed E-state index contributed by atoms with van der Waals surface area (Å²) >= 11 is 0. The highest BCUT2D eigenvalue weighted by molar-refractivity contribution is 6.18. The quantitative estimate of drug-likeness (QED) is 0.239. The summed E-state index contributed by atoms with van der Waals surface area (Å²) in [7, 11) is 0. The molecule has 5 heteroatoms. The van der Waals surface area contributed by atoms with Crippen LogP contribution in [-0.2, 0) is 0 Å². The van der Waals surface area contributed by atoms with E-state index in [0.29, 0.717) is 11.6 Å². The Kier molecular flexibility index (Phi) is 5.07. The smallest absolute Gasteiger partial charge is 0.162 e. The van der Waals surface area contributed by atoms with Crippen LogP contribution in [0.2, 0.25) is 0 Å². The third kappa shape index (κ3) is 3.60. The van der Waals surface area contributed by atoms with Crippen LogP contribution in [0.3, 0.4) is 0 Å². The molecule has 2 aromatic heterocycles. The van der Waals surface area contributed by atoms with Gasteiger partial charge in [-0.25, -0.2) is 24.9 Å². The predicted molar refractivity (Wildman–Crippen MR) is 159 cm³/mol. The number of fused-ring (bicyclic) bond motifs is 3. The van der Waals surface area contributed by atoms with Gasteiger partial charge in [-0.2, -0.15) is 0 Å². The molecule has 0 amide bonds. The normalized spacial score (nSPS) is 11.5. The van der Waals surface area contributed by atoms with E-state index in [4.69, 9.17) is 9.97 Å². The van der Waals surface area contributed by atoms with E-state index in [9.17, 15) is 0 Å². The Bertz CT molecular complexity index is 2010. The standard InChI is InChI=1S/C35H21N5/c1-2-7-22(8-3-1)31-19-32(23-13-15-24(16-14-23)34-37-20-36-21-38-34)40-35(39-31)30-18-17-29-26-10-5-4-9-25(26)27-11-6-12-28(30)33(27)29/h1-21H. The first-order valence-corrected chi connectivity index (χ1v) is 13.2. The van der Waals surface area contributed by atoms with Gasteiger partial charge in [-0.15, -0.1) is 0 Å². The van der Waals surface area contributed by atoms with Crippen molar-refractivity contribution in [2.75, 3.05) is 0 Å². The summed E-state index contributed by atoms with van der Waals surface area (Å²) < 4.78 is 0. The Morgan fingerprint density at radius 1 is 0.400 bits per heavy atom. The van der Waals surface area contributed by atoms with E-state index in [1.165, 1.54) is 40.3 Å². The van der Waals surface area contributed by atoms with Crippen LogP contribution in [-0.4, -0.2) is 24.9 Å². The molecule has 0 saturated heterocycles. The van der Waals surface area contributed by atoms with Crippen molar-refractivity contribution in [3.63, 3.8) is 0 Å². The molecule has 0 bridgehead atoms. The van der Waals surface area contributed by atoms with E-state index in [1.54, 1.807) is 0 Å². The van der Waals surface area contributed by atoms with Gasteiger partial charge in [-0.3, -0.25) is 0 Å². The Morgan fingerprint density at radius 3 is 1.70 bits per heavy atom. The van der Waals surface area contributed by atoms with Gasteiger partial charge >= 0.3 is 0 Å². The molecule has 2 heterocycles. The lowest BCUT2D eigenvalue weighted by molar-refractivity contribution is 1.06. The molecule has 8 rings (SSSR count). The average Bonchev–Trinajstić information content (AvgIpc) is 3.37. The van der Waals surface area contributed by atoms with Gasteiger partial charge in [0.1, 0.15) is 12.7 Å². The van der Waals surface area contributed by atoms with E-state index in [1.807, 2.05) is 30.3 Å². The molecule has 0 aliphatic heterocycles. The van der Waals surface area contributed by atoms with Crippen molar-refractivity contribution in [3.8, 4) is 67.5 Å². The number of aromatic nitrogens is 5. The molecular weight excluding hydrogens is 490 g/mol. The Labute approximate surface area is 230 Å². The Hall–Kier alpha value is -5.55. The molecule has 0 unspecified atom stereocenters. The SMILES string of the molecule is c1ccc(-c2cc(-c3ccc(-c4ncncn4)cc3)nc(-c3ccc4c5c(cccc35)-c3ccccc3-4)n2)cc1. The second-order valence-electron chi connectivity index (χ2n) is 9.80. The molecule has 7 aromatic rings. The minimum atomic E-state index is 0.642. The van der Waals surface area contributed by atoms with Crippen molar-refractivity contribution in [2.24, 2.45) is 0 Å². The highest BCUT2D eigenvalue weighted by Crippen LogP contribution is 2.49. The van der Waals surface area contributed by atoms with Crippen molar-refractivity contribution in [1.29, 1.82) is 0 Å². The van der Waals surface area contributed by atoms with Gasteiger partial charge in [0.2, 0.25) is 0 Å². The first-order valence-electron chi connectivity index (χ1n) is 13.2. The number of nitrogens with zero attached hydrogens (tertiary/aromatic N) is 5. The van der Waals surface area contributed by atoms with Crippen molar-refractivity contribution in [2.45, 2.75) is 0 Å². The van der Waals surface area contributed by atoms with E-state index in [2.05, 4.69) is 99.9 Å². The molecule has 0 N–H and O–H groups in total. The summed E-state index contributed by atoms with van der Waals surface area (Å²) in [5.74, 6) is 1.35. The highest BCUT2D eigenvalue weighted by Gasteiger charge is 2.23. The van der Waals surface area contributed by atoms with Crippen LogP contribution in [0.25, 0.3) is 78.3 Å². The molecule has 40 heavy (non-hydrogen) atoms. The van der Waals surface area contributed by atoms with Gasteiger partial charge in [0.15, 0.2) is 11.6 Å². The lowest BCUT2D eigenvalue weighted by atomic mass is 9.97. The monoisotopic (exact) mass is 511 g/mol. The van der Waals surface area contributed by atoms with Crippen LogP contribution in [0, 0.1) is 0 Å². The van der Waals surface area contributed by atoms with Crippen LogP contribution < -0.4 is 0 Å². The molecule has 0 saturated carbocycles. The first kappa shape index (κ1) is 22.4. The zero-order valence-electron chi connectivity index (χ0n) is 21.4. The van der Waals surface area contributed by atoms with Crippen LogP contribution in [0.15, 0.2) is 128 Å². The van der Waals surface area contributed by atoms with Crippen molar-refractivity contribution in [3.05, 3.63) is 128 Å². The van der Waals surface area contributed by atoms with Gasteiger partial charge in [0.25, 0.3) is 0 Å². The molecule has 1 aliphatic rings. The van der Waals surface area contributed by atoms with Gasteiger partial charge in [0, 0.05) is 22.3 Å². The Balaban J connectivity index is 1.32. The molecule has 0 radical (unpaired) electrons. The van der Waals surface area contributed by atoms with E-state index >= 15 is 0 Å². The van der Waals surface area contributed by atoms with Gasteiger partial charge in [-0.05, 0) is 45.2 Å². The average molecular weight is 512 g/mol. The summed E-state index contributed by atoms with van der Waals surface area (Å²) in [5, 5.41) is 2.42. The number of hydrogen-bond acceptors (Lipinski definition) is 5. The number of hydrogen-bond donors (Lipinski definition) is 0. The molecule has 0 atom stereocenters. The fraction of sp³-hybridized carbons (Fsp3) is 0. The minimum Gasteiger partial charge on any atom is -0.228 e. The summed E-state index contributed by atoms with van der Waals surface area (Å²) in [6.45, 7) is 0. The van der Waals surface area contributed by atoms with E-state index < -0.39 is 0 Å². The zero-order chi connectivity index (χ0) is 26.5. The fourth-order valence-electron chi connectivity index (χ4n) is 5.65. The highest BCUT2D eigenvalue weighted by atomic mass is 15.0.